The van der Waals surface area contributed by atoms with E-state index in [4.69, 9.17) is 8.92 Å². The fourth-order valence-corrected chi connectivity index (χ4v) is 4.12. The maximum Gasteiger partial charge on any atom is 0.308 e. The first kappa shape index (κ1) is 23.1. The Hall–Kier alpha value is -2.18. The molecule has 0 radical (unpaired) electrons. The van der Waals surface area contributed by atoms with E-state index < -0.39 is 10.1 Å². The fraction of sp³-hybridized carbons (Fsp3) is 0.435. The van der Waals surface area contributed by atoms with Crippen LogP contribution < -0.4 is 0 Å². The molecule has 2 aromatic carbocycles. The van der Waals surface area contributed by atoms with Crippen LogP contribution in [0.15, 0.2) is 53.4 Å². The molecule has 0 saturated heterocycles. The molecule has 6 heteroatoms. The molecule has 0 bridgehead atoms. The smallest absolute Gasteiger partial charge is 0.308 e. The first-order valence-corrected chi connectivity index (χ1v) is 11.2. The Morgan fingerprint density at radius 3 is 2.24 bits per heavy atom. The molecule has 2 rings (SSSR count). The maximum atomic E-state index is 12.4. The number of esters is 1. The summed E-state index contributed by atoms with van der Waals surface area (Å²) in [5.74, 6) is -0.339. The minimum Gasteiger partial charge on any atom is -0.469 e. The van der Waals surface area contributed by atoms with Crippen LogP contribution in [0.1, 0.15) is 37.0 Å². The normalized spacial score (nSPS) is 13.7. The van der Waals surface area contributed by atoms with Gasteiger partial charge in [0, 0.05) is 0 Å². The first-order chi connectivity index (χ1) is 13.7. The number of hydrogen-bond donors (Lipinski definition) is 0. The molecule has 0 heterocycles. The summed E-state index contributed by atoms with van der Waals surface area (Å²) in [5.41, 5.74) is 3.31. The molecule has 0 spiro atoms. The number of aryl methyl sites for hydroxylation is 2. The summed E-state index contributed by atoms with van der Waals surface area (Å²) in [6.07, 6.45) is 2.17. The Morgan fingerprint density at radius 2 is 1.62 bits per heavy atom. The molecule has 0 aromatic heterocycles. The number of benzene rings is 2. The van der Waals surface area contributed by atoms with Crippen LogP contribution in [0.5, 0.6) is 0 Å². The van der Waals surface area contributed by atoms with Gasteiger partial charge < -0.3 is 4.74 Å². The summed E-state index contributed by atoms with van der Waals surface area (Å²) < 4.78 is 34.8. The van der Waals surface area contributed by atoms with Crippen molar-refractivity contribution >= 4 is 16.1 Å². The van der Waals surface area contributed by atoms with E-state index in [2.05, 4.69) is 6.07 Å². The van der Waals surface area contributed by atoms with Crippen molar-refractivity contribution in [2.24, 2.45) is 11.8 Å². The molecule has 0 N–H and O–H groups in total. The van der Waals surface area contributed by atoms with E-state index in [0.29, 0.717) is 12.8 Å². The van der Waals surface area contributed by atoms with Gasteiger partial charge in [-0.15, -0.1) is 0 Å². The molecule has 158 valence electrons. The van der Waals surface area contributed by atoms with Gasteiger partial charge in [-0.2, -0.15) is 8.42 Å². The predicted molar refractivity (Wildman–Crippen MR) is 113 cm³/mol. The van der Waals surface area contributed by atoms with Crippen LogP contribution in [-0.2, 0) is 36.7 Å². The maximum absolute atomic E-state index is 12.4. The monoisotopic (exact) mass is 418 g/mol. The molecule has 5 nitrogen and oxygen atoms in total. The Morgan fingerprint density at radius 1 is 1.00 bits per heavy atom. The van der Waals surface area contributed by atoms with Crippen molar-refractivity contribution in [3.63, 3.8) is 0 Å². The Bertz CT molecular complexity index is 903. The Labute approximate surface area is 174 Å². The second-order valence-electron chi connectivity index (χ2n) is 7.59. The molecule has 0 fully saturated rings. The van der Waals surface area contributed by atoms with E-state index in [1.807, 2.05) is 39.0 Å². The van der Waals surface area contributed by atoms with Gasteiger partial charge in [0.15, 0.2) is 0 Å². The molecule has 0 amide bonds. The van der Waals surface area contributed by atoms with Crippen molar-refractivity contribution in [2.75, 3.05) is 13.7 Å². The molecule has 2 aromatic rings. The number of carbonyl (C=O) groups excluding carboxylic acids is 1. The number of hydrogen-bond acceptors (Lipinski definition) is 5. The van der Waals surface area contributed by atoms with Gasteiger partial charge in [-0.05, 0) is 55.4 Å². The van der Waals surface area contributed by atoms with Crippen LogP contribution in [0, 0.1) is 18.8 Å². The quantitative estimate of drug-likeness (QED) is 0.424. The van der Waals surface area contributed by atoms with Gasteiger partial charge in [-0.25, -0.2) is 0 Å². The Kier molecular flexibility index (Phi) is 8.41. The van der Waals surface area contributed by atoms with Crippen LogP contribution in [0.2, 0.25) is 0 Å². The zero-order chi connectivity index (χ0) is 21.4. The molecule has 0 aliphatic rings. The highest BCUT2D eigenvalue weighted by Crippen LogP contribution is 2.20. The summed E-state index contributed by atoms with van der Waals surface area (Å²) in [4.78, 5) is 11.8. The zero-order valence-electron chi connectivity index (χ0n) is 17.6. The number of rotatable bonds is 10. The van der Waals surface area contributed by atoms with Gasteiger partial charge >= 0.3 is 5.97 Å². The van der Waals surface area contributed by atoms with Crippen molar-refractivity contribution in [2.45, 2.75) is 44.9 Å². The summed E-state index contributed by atoms with van der Waals surface area (Å²) in [6, 6.07) is 14.7. The van der Waals surface area contributed by atoms with Crippen LogP contribution in [0.3, 0.4) is 0 Å². The predicted octanol–water partition coefficient (Wildman–Crippen LogP) is 4.32. The highest BCUT2D eigenvalue weighted by molar-refractivity contribution is 7.86. The standard InChI is InChI=1S/C23H30O5S/c1-17-9-13-22(14-10-17)29(25,26)28-16-18(2)15-21-8-6-5-7-20(21)12-11-19(3)23(24)27-4/h5-10,13-14,18-19H,11-12,15-16H2,1-4H3/t18-,19-/m0/s1. The molecular weight excluding hydrogens is 388 g/mol. The van der Waals surface area contributed by atoms with Gasteiger partial charge in [0.05, 0.1) is 24.5 Å². The van der Waals surface area contributed by atoms with Gasteiger partial charge in [0.25, 0.3) is 10.1 Å². The second kappa shape index (κ2) is 10.6. The van der Waals surface area contributed by atoms with Crippen molar-refractivity contribution in [3.05, 3.63) is 65.2 Å². The van der Waals surface area contributed by atoms with Gasteiger partial charge in [0.2, 0.25) is 0 Å². The van der Waals surface area contributed by atoms with Gasteiger partial charge in [-0.1, -0.05) is 55.8 Å². The van der Waals surface area contributed by atoms with E-state index in [1.165, 1.54) is 7.11 Å². The highest BCUT2D eigenvalue weighted by atomic mass is 32.2. The first-order valence-electron chi connectivity index (χ1n) is 9.83. The van der Waals surface area contributed by atoms with Gasteiger partial charge in [0.1, 0.15) is 0 Å². The fourth-order valence-electron chi connectivity index (χ4n) is 3.10. The van der Waals surface area contributed by atoms with Gasteiger partial charge in [-0.3, -0.25) is 8.98 Å². The zero-order valence-corrected chi connectivity index (χ0v) is 18.4. The SMILES string of the molecule is COC(=O)[C@@H](C)CCc1ccccc1C[C@H](C)COS(=O)(=O)c1ccc(C)cc1. The van der Waals surface area contributed by atoms with Crippen LogP contribution in [0.25, 0.3) is 0 Å². The third-order valence-corrected chi connectivity index (χ3v) is 6.25. The minimum atomic E-state index is -3.76. The lowest BCUT2D eigenvalue weighted by molar-refractivity contribution is -0.145. The van der Waals surface area contributed by atoms with Crippen molar-refractivity contribution in [1.82, 2.24) is 0 Å². The summed E-state index contributed by atoms with van der Waals surface area (Å²) >= 11 is 0. The Balaban J connectivity index is 1.96. The van der Waals surface area contributed by atoms with E-state index >= 15 is 0 Å². The molecule has 0 aliphatic carbocycles. The number of ether oxygens (including phenoxy) is 1. The van der Waals surface area contributed by atoms with Crippen LogP contribution >= 0.6 is 0 Å². The average Bonchev–Trinajstić information content (AvgIpc) is 2.71. The lowest BCUT2D eigenvalue weighted by Gasteiger charge is -2.16. The van der Waals surface area contributed by atoms with Crippen LogP contribution in [0.4, 0.5) is 0 Å². The summed E-state index contributed by atoms with van der Waals surface area (Å²) in [7, 11) is -2.36. The van der Waals surface area contributed by atoms with E-state index in [9.17, 15) is 13.2 Å². The average molecular weight is 419 g/mol. The van der Waals surface area contributed by atoms with E-state index in [-0.39, 0.29) is 29.3 Å². The molecule has 0 aliphatic heterocycles. The van der Waals surface area contributed by atoms with E-state index in [1.54, 1.807) is 24.3 Å². The number of carbonyl (C=O) groups is 1. The molecular formula is C23H30O5S. The lowest BCUT2D eigenvalue weighted by atomic mass is 9.93. The minimum absolute atomic E-state index is 0.0226. The second-order valence-corrected chi connectivity index (χ2v) is 9.21. The topological polar surface area (TPSA) is 69.7 Å². The van der Waals surface area contributed by atoms with Crippen molar-refractivity contribution in [3.8, 4) is 0 Å². The van der Waals surface area contributed by atoms with Crippen molar-refractivity contribution in [1.29, 1.82) is 0 Å². The third-order valence-electron chi connectivity index (χ3n) is 4.95. The summed E-state index contributed by atoms with van der Waals surface area (Å²) in [6.45, 7) is 5.85. The van der Waals surface area contributed by atoms with E-state index in [0.717, 1.165) is 23.1 Å². The largest absolute Gasteiger partial charge is 0.469 e. The molecule has 2 atom stereocenters. The molecule has 0 unspecified atom stereocenters. The molecule has 0 saturated carbocycles. The third kappa shape index (κ3) is 6.98. The van der Waals surface area contributed by atoms with Crippen LogP contribution in [-0.4, -0.2) is 28.1 Å². The molecule has 29 heavy (non-hydrogen) atoms. The summed E-state index contributed by atoms with van der Waals surface area (Å²) in [5, 5.41) is 0. The number of methoxy groups -OCH3 is 1. The lowest BCUT2D eigenvalue weighted by Crippen LogP contribution is -2.16. The highest BCUT2D eigenvalue weighted by Gasteiger charge is 2.18. The van der Waals surface area contributed by atoms with Crippen molar-refractivity contribution < 1.29 is 22.1 Å².